The summed E-state index contributed by atoms with van der Waals surface area (Å²) in [5.74, 6) is 0.457. The standard InChI is InChI=1S/C12H13BrClNO2/c13-10-4-1-8(7-11(10)16)12(17)15(6-5-14)9-2-3-9/h1,4,7,9,16H,2-3,5-6H2. The summed E-state index contributed by atoms with van der Waals surface area (Å²) in [5.41, 5.74) is 0.503. The molecule has 1 N–H and O–H groups in total. The van der Waals surface area contributed by atoms with E-state index in [1.807, 2.05) is 0 Å². The van der Waals surface area contributed by atoms with Gasteiger partial charge in [0.1, 0.15) is 5.75 Å². The van der Waals surface area contributed by atoms with Crippen LogP contribution in [0.15, 0.2) is 22.7 Å². The fourth-order valence-electron chi connectivity index (χ4n) is 1.74. The third-order valence-corrected chi connectivity index (χ3v) is 3.61. The number of halogens is 2. The molecule has 0 aliphatic heterocycles. The lowest BCUT2D eigenvalue weighted by molar-refractivity contribution is 0.0753. The Hall–Kier alpha value is -0.740. The topological polar surface area (TPSA) is 40.5 Å². The van der Waals surface area contributed by atoms with Gasteiger partial charge in [0.15, 0.2) is 0 Å². The normalized spacial score (nSPS) is 14.7. The molecule has 1 amide bonds. The Morgan fingerprint density at radius 2 is 2.24 bits per heavy atom. The summed E-state index contributed by atoms with van der Waals surface area (Å²) >= 11 is 8.90. The SMILES string of the molecule is O=C(c1ccc(Br)c(O)c1)N(CCCl)C1CC1. The minimum atomic E-state index is -0.0593. The van der Waals surface area contributed by atoms with Crippen LogP contribution in [-0.2, 0) is 0 Å². The number of carbonyl (C=O) groups excluding carboxylic acids is 1. The van der Waals surface area contributed by atoms with E-state index in [0.717, 1.165) is 12.8 Å². The molecular weight excluding hydrogens is 305 g/mol. The Morgan fingerprint density at radius 1 is 1.53 bits per heavy atom. The van der Waals surface area contributed by atoms with E-state index >= 15 is 0 Å². The third kappa shape index (κ3) is 2.93. The zero-order valence-corrected chi connectivity index (χ0v) is 11.5. The van der Waals surface area contributed by atoms with Gasteiger partial charge < -0.3 is 10.0 Å². The molecule has 3 nitrogen and oxygen atoms in total. The first-order valence-corrected chi connectivity index (χ1v) is 6.81. The maximum atomic E-state index is 12.2. The van der Waals surface area contributed by atoms with Crippen molar-refractivity contribution in [2.45, 2.75) is 18.9 Å². The average molecular weight is 319 g/mol. The summed E-state index contributed by atoms with van der Waals surface area (Å²) in [6, 6.07) is 5.19. The minimum Gasteiger partial charge on any atom is -0.507 e. The second kappa shape index (κ2) is 5.27. The van der Waals surface area contributed by atoms with Gasteiger partial charge in [-0.05, 0) is 47.0 Å². The molecule has 0 bridgehead atoms. The van der Waals surface area contributed by atoms with Crippen molar-refractivity contribution in [1.29, 1.82) is 0 Å². The summed E-state index contributed by atoms with van der Waals surface area (Å²) in [6.07, 6.45) is 2.09. The van der Waals surface area contributed by atoms with Gasteiger partial charge in [-0.1, -0.05) is 0 Å². The molecule has 1 saturated carbocycles. The van der Waals surface area contributed by atoms with Crippen molar-refractivity contribution in [3.63, 3.8) is 0 Å². The fourth-order valence-corrected chi connectivity index (χ4v) is 2.17. The molecule has 1 fully saturated rings. The molecule has 2 rings (SSSR count). The molecule has 0 aromatic heterocycles. The first kappa shape index (κ1) is 12.7. The van der Waals surface area contributed by atoms with Crippen LogP contribution in [0, 0.1) is 0 Å². The van der Waals surface area contributed by atoms with Crippen molar-refractivity contribution in [2.75, 3.05) is 12.4 Å². The first-order chi connectivity index (χ1) is 8.13. The number of benzene rings is 1. The predicted molar refractivity (Wildman–Crippen MR) is 70.6 cm³/mol. The van der Waals surface area contributed by atoms with E-state index in [1.54, 1.807) is 17.0 Å². The summed E-state index contributed by atoms with van der Waals surface area (Å²) in [6.45, 7) is 0.557. The lowest BCUT2D eigenvalue weighted by Gasteiger charge is -2.21. The molecule has 1 aliphatic rings. The molecule has 0 heterocycles. The van der Waals surface area contributed by atoms with Gasteiger partial charge in [0.05, 0.1) is 4.47 Å². The smallest absolute Gasteiger partial charge is 0.254 e. The zero-order chi connectivity index (χ0) is 12.4. The Morgan fingerprint density at radius 3 is 2.76 bits per heavy atom. The number of phenols is 1. The van der Waals surface area contributed by atoms with Gasteiger partial charge in [0.25, 0.3) is 5.91 Å². The van der Waals surface area contributed by atoms with Crippen LogP contribution in [0.3, 0.4) is 0 Å². The number of phenolic OH excluding ortho intramolecular Hbond substituents is 1. The number of hydrogen-bond donors (Lipinski definition) is 1. The molecule has 92 valence electrons. The lowest BCUT2D eigenvalue weighted by Crippen LogP contribution is -2.34. The number of carbonyl (C=O) groups is 1. The number of hydrogen-bond acceptors (Lipinski definition) is 2. The third-order valence-electron chi connectivity index (χ3n) is 2.77. The highest BCUT2D eigenvalue weighted by atomic mass is 79.9. The molecule has 1 aromatic carbocycles. The van der Waals surface area contributed by atoms with Gasteiger partial charge in [0, 0.05) is 24.0 Å². The summed E-state index contributed by atoms with van der Waals surface area (Å²) in [7, 11) is 0. The molecule has 0 spiro atoms. The summed E-state index contributed by atoms with van der Waals surface area (Å²) < 4.78 is 0.587. The lowest BCUT2D eigenvalue weighted by atomic mass is 10.2. The molecule has 1 aliphatic carbocycles. The molecule has 17 heavy (non-hydrogen) atoms. The number of rotatable bonds is 4. The van der Waals surface area contributed by atoms with Gasteiger partial charge in [-0.15, -0.1) is 11.6 Å². The zero-order valence-electron chi connectivity index (χ0n) is 9.20. The van der Waals surface area contributed by atoms with Crippen molar-refractivity contribution in [3.8, 4) is 5.75 Å². The van der Waals surface area contributed by atoms with Gasteiger partial charge in [-0.25, -0.2) is 0 Å². The first-order valence-electron chi connectivity index (χ1n) is 5.49. The second-order valence-corrected chi connectivity index (χ2v) is 5.32. The molecule has 0 unspecified atom stereocenters. The molecule has 1 aromatic rings. The number of aromatic hydroxyl groups is 1. The van der Waals surface area contributed by atoms with Crippen molar-refractivity contribution in [2.24, 2.45) is 0 Å². The number of nitrogens with zero attached hydrogens (tertiary/aromatic N) is 1. The van der Waals surface area contributed by atoms with E-state index in [4.69, 9.17) is 11.6 Å². The highest BCUT2D eigenvalue weighted by molar-refractivity contribution is 9.10. The van der Waals surface area contributed by atoms with Gasteiger partial charge in [0.2, 0.25) is 0 Å². The van der Waals surface area contributed by atoms with Crippen molar-refractivity contribution in [3.05, 3.63) is 28.2 Å². The molecule has 0 saturated heterocycles. The van der Waals surface area contributed by atoms with E-state index in [1.165, 1.54) is 6.07 Å². The Balaban J connectivity index is 2.19. The van der Waals surface area contributed by atoms with Gasteiger partial charge >= 0.3 is 0 Å². The Labute approximate surface area is 114 Å². The van der Waals surface area contributed by atoms with Crippen LogP contribution in [0.1, 0.15) is 23.2 Å². The van der Waals surface area contributed by atoms with Gasteiger partial charge in [-0.2, -0.15) is 0 Å². The quantitative estimate of drug-likeness (QED) is 0.867. The van der Waals surface area contributed by atoms with Crippen LogP contribution in [0.4, 0.5) is 0 Å². The molecule has 0 atom stereocenters. The van der Waals surface area contributed by atoms with E-state index in [2.05, 4.69) is 15.9 Å². The molecular formula is C12H13BrClNO2. The van der Waals surface area contributed by atoms with Crippen LogP contribution in [0.5, 0.6) is 5.75 Å². The maximum absolute atomic E-state index is 12.2. The van der Waals surface area contributed by atoms with Gasteiger partial charge in [-0.3, -0.25) is 4.79 Å². The second-order valence-electron chi connectivity index (χ2n) is 4.08. The van der Waals surface area contributed by atoms with Crippen LogP contribution >= 0.6 is 27.5 Å². The fraction of sp³-hybridized carbons (Fsp3) is 0.417. The predicted octanol–water partition coefficient (Wildman–Crippen LogP) is 3.00. The van der Waals surface area contributed by atoms with E-state index < -0.39 is 0 Å². The van der Waals surface area contributed by atoms with Crippen LogP contribution in [0.2, 0.25) is 0 Å². The maximum Gasteiger partial charge on any atom is 0.254 e. The largest absolute Gasteiger partial charge is 0.507 e. The highest BCUT2D eigenvalue weighted by Crippen LogP contribution is 2.30. The van der Waals surface area contributed by atoms with E-state index in [-0.39, 0.29) is 11.7 Å². The van der Waals surface area contributed by atoms with Crippen molar-refractivity contribution >= 4 is 33.4 Å². The summed E-state index contributed by atoms with van der Waals surface area (Å²) in [4.78, 5) is 14.0. The van der Waals surface area contributed by atoms with Crippen LogP contribution < -0.4 is 0 Å². The Kier molecular flexibility index (Phi) is 3.94. The number of amides is 1. The Bertz CT molecular complexity index is 435. The van der Waals surface area contributed by atoms with Crippen LogP contribution in [-0.4, -0.2) is 34.4 Å². The average Bonchev–Trinajstić information content (AvgIpc) is 3.13. The molecule has 0 radical (unpaired) electrons. The minimum absolute atomic E-state index is 0.0593. The van der Waals surface area contributed by atoms with Crippen molar-refractivity contribution in [1.82, 2.24) is 4.90 Å². The van der Waals surface area contributed by atoms with E-state index in [0.29, 0.717) is 28.5 Å². The van der Waals surface area contributed by atoms with Crippen LogP contribution in [0.25, 0.3) is 0 Å². The summed E-state index contributed by atoms with van der Waals surface area (Å²) in [5, 5.41) is 9.57. The molecule has 5 heteroatoms. The monoisotopic (exact) mass is 317 g/mol. The van der Waals surface area contributed by atoms with Crippen molar-refractivity contribution < 1.29 is 9.90 Å². The van der Waals surface area contributed by atoms with E-state index in [9.17, 15) is 9.90 Å². The number of alkyl halides is 1. The highest BCUT2D eigenvalue weighted by Gasteiger charge is 2.32.